The van der Waals surface area contributed by atoms with E-state index in [-0.39, 0.29) is 39.5 Å². The Labute approximate surface area is 202 Å². The van der Waals surface area contributed by atoms with E-state index in [0.717, 1.165) is 6.20 Å². The minimum atomic E-state index is -5.36. The van der Waals surface area contributed by atoms with Crippen LogP contribution >= 0.6 is 0 Å². The molecule has 1 amide bonds. The fourth-order valence-electron chi connectivity index (χ4n) is 3.33. The first kappa shape index (κ1) is 26.3. The third-order valence-corrected chi connectivity index (χ3v) is 4.75. The van der Waals surface area contributed by atoms with Crippen LogP contribution in [0, 0.1) is 0 Å². The number of benzene rings is 2. The number of alkyl halides is 3. The highest BCUT2D eigenvalue weighted by Crippen LogP contribution is 2.37. The highest BCUT2D eigenvalue weighted by molar-refractivity contribution is 6.04. The molecule has 0 aliphatic carbocycles. The zero-order valence-electron chi connectivity index (χ0n) is 19.3. The normalized spacial score (nSPS) is 12.2. The molecule has 190 valence electrons. The van der Waals surface area contributed by atoms with Gasteiger partial charge in [-0.15, -0.1) is 0 Å². The van der Waals surface area contributed by atoms with Crippen LogP contribution in [-0.2, 0) is 9.53 Å². The summed E-state index contributed by atoms with van der Waals surface area (Å²) in [5.41, 5.74) is 4.84. The lowest BCUT2D eigenvalue weighted by Gasteiger charge is -2.20. The highest BCUT2D eigenvalue weighted by atomic mass is 19.4. The molecule has 0 bridgehead atoms. The Balaban J connectivity index is 2.17. The molecule has 0 aliphatic heterocycles. The number of nitrogens with two attached hydrogens (primary N) is 1. The molecule has 2 N–H and O–H groups in total. The second-order valence-electron chi connectivity index (χ2n) is 7.72. The van der Waals surface area contributed by atoms with Crippen molar-refractivity contribution in [3.63, 3.8) is 0 Å². The van der Waals surface area contributed by atoms with E-state index < -0.39 is 30.1 Å². The van der Waals surface area contributed by atoms with Crippen LogP contribution in [0.3, 0.4) is 0 Å². The van der Waals surface area contributed by atoms with E-state index in [1.165, 1.54) is 43.6 Å². The average molecular weight is 506 g/mol. The van der Waals surface area contributed by atoms with Gasteiger partial charge in [0.25, 0.3) is 0 Å². The summed E-state index contributed by atoms with van der Waals surface area (Å²) in [6, 6.07) is 8.31. The summed E-state index contributed by atoms with van der Waals surface area (Å²) in [5.74, 6) is -3.33. The summed E-state index contributed by atoms with van der Waals surface area (Å²) >= 11 is 0. The number of Topliss-reactive ketones (excluding diaryl/α,β-unsaturated/α-hetero) is 1. The number of pyridine rings is 1. The average Bonchev–Trinajstić information content (AvgIpc) is 2.80. The van der Waals surface area contributed by atoms with Crippen molar-refractivity contribution < 1.29 is 46.5 Å². The second-order valence-corrected chi connectivity index (χ2v) is 7.72. The molecular formula is C24H21F3N2O7. The fourth-order valence-corrected chi connectivity index (χ4v) is 3.33. The van der Waals surface area contributed by atoms with Crippen LogP contribution in [0.25, 0.3) is 10.8 Å². The summed E-state index contributed by atoms with van der Waals surface area (Å²) in [5, 5.41) is 0.392. The van der Waals surface area contributed by atoms with Crippen molar-refractivity contribution in [2.75, 3.05) is 7.11 Å². The summed E-state index contributed by atoms with van der Waals surface area (Å²) in [6.07, 6.45) is -6.36. The molecule has 0 aliphatic rings. The van der Waals surface area contributed by atoms with E-state index in [9.17, 15) is 27.6 Å². The Morgan fingerprint density at radius 1 is 1.03 bits per heavy atom. The lowest BCUT2D eigenvalue weighted by molar-refractivity contribution is -0.203. The summed E-state index contributed by atoms with van der Waals surface area (Å²) in [7, 11) is 1.25. The van der Waals surface area contributed by atoms with E-state index in [4.69, 9.17) is 19.9 Å². The Hall–Kier alpha value is -4.35. The molecule has 0 radical (unpaired) electrons. The van der Waals surface area contributed by atoms with Gasteiger partial charge in [-0.2, -0.15) is 13.2 Å². The van der Waals surface area contributed by atoms with Gasteiger partial charge in [-0.25, -0.2) is 9.59 Å². The topological polar surface area (TPSA) is 127 Å². The van der Waals surface area contributed by atoms with Crippen molar-refractivity contribution in [1.29, 1.82) is 0 Å². The number of ketones is 1. The first-order valence-corrected chi connectivity index (χ1v) is 10.4. The van der Waals surface area contributed by atoms with Crippen molar-refractivity contribution in [2.45, 2.75) is 32.2 Å². The number of nitrogens with zero attached hydrogens (tertiary/aromatic N) is 1. The maximum Gasteiger partial charge on any atom is 0.490 e. The summed E-state index contributed by atoms with van der Waals surface area (Å²) in [6.45, 7) is 3.52. The van der Waals surface area contributed by atoms with Crippen LogP contribution in [0.1, 0.15) is 35.9 Å². The Morgan fingerprint density at radius 3 is 2.36 bits per heavy atom. The fraction of sp³-hybridized carbons (Fsp3) is 0.250. The standard InChI is InChI=1S/C24H21F3N2O7/c1-12(2)34-15-6-4-5-13(7-15)20(30)21(36-22(31)24(25,26)27)17-11-29-10-14-8-19(35-23(28)32)18(33-3)9-16(14)17/h4-12,21H,1-3H3,(H2,28,32). The van der Waals surface area contributed by atoms with Crippen molar-refractivity contribution >= 4 is 28.6 Å². The highest BCUT2D eigenvalue weighted by Gasteiger charge is 2.44. The molecule has 9 nitrogen and oxygen atoms in total. The number of esters is 1. The number of hydrogen-bond acceptors (Lipinski definition) is 8. The number of rotatable bonds is 8. The third kappa shape index (κ3) is 6.01. The number of methoxy groups -OCH3 is 1. The summed E-state index contributed by atoms with van der Waals surface area (Å²) < 4.78 is 59.6. The molecule has 1 atom stereocenters. The zero-order chi connectivity index (χ0) is 26.6. The lowest BCUT2D eigenvalue weighted by Crippen LogP contribution is -2.30. The van der Waals surface area contributed by atoms with Crippen LogP contribution in [0.4, 0.5) is 18.0 Å². The van der Waals surface area contributed by atoms with Gasteiger partial charge in [-0.1, -0.05) is 12.1 Å². The molecule has 36 heavy (non-hydrogen) atoms. The molecule has 1 unspecified atom stereocenters. The predicted molar refractivity (Wildman–Crippen MR) is 120 cm³/mol. The largest absolute Gasteiger partial charge is 0.493 e. The number of primary amides is 1. The lowest BCUT2D eigenvalue weighted by atomic mass is 9.96. The number of halogens is 3. The van der Waals surface area contributed by atoms with Gasteiger partial charge in [-0.3, -0.25) is 9.78 Å². The van der Waals surface area contributed by atoms with E-state index >= 15 is 0 Å². The van der Waals surface area contributed by atoms with Gasteiger partial charge in [0.15, 0.2) is 17.6 Å². The number of fused-ring (bicyclic) bond motifs is 1. The van der Waals surface area contributed by atoms with Gasteiger partial charge >= 0.3 is 18.2 Å². The predicted octanol–water partition coefficient (Wildman–Crippen LogP) is 4.52. The van der Waals surface area contributed by atoms with Crippen LogP contribution in [0.5, 0.6) is 17.2 Å². The quantitative estimate of drug-likeness (QED) is 0.349. The van der Waals surface area contributed by atoms with Crippen molar-refractivity contribution in [1.82, 2.24) is 4.98 Å². The Kier molecular flexibility index (Phi) is 7.66. The van der Waals surface area contributed by atoms with Gasteiger partial charge in [-0.05, 0) is 43.5 Å². The van der Waals surface area contributed by atoms with E-state index in [2.05, 4.69) is 9.72 Å². The number of ether oxygens (including phenoxy) is 4. The molecule has 0 saturated carbocycles. The Morgan fingerprint density at radius 2 is 1.75 bits per heavy atom. The van der Waals surface area contributed by atoms with Gasteiger partial charge in [0.05, 0.1) is 13.2 Å². The van der Waals surface area contributed by atoms with Gasteiger partial charge in [0.1, 0.15) is 5.75 Å². The van der Waals surface area contributed by atoms with Crippen molar-refractivity contribution in [3.05, 3.63) is 59.9 Å². The van der Waals surface area contributed by atoms with Gasteiger partial charge < -0.3 is 24.7 Å². The number of carbonyl (C=O) groups is 3. The monoisotopic (exact) mass is 506 g/mol. The number of aromatic nitrogens is 1. The van der Waals surface area contributed by atoms with Crippen molar-refractivity contribution in [2.24, 2.45) is 5.73 Å². The third-order valence-electron chi connectivity index (χ3n) is 4.75. The molecule has 3 aromatic rings. The molecule has 2 aromatic carbocycles. The van der Waals surface area contributed by atoms with Gasteiger partial charge in [0, 0.05) is 28.9 Å². The van der Waals surface area contributed by atoms with Gasteiger partial charge in [0.2, 0.25) is 5.78 Å². The minimum Gasteiger partial charge on any atom is -0.493 e. The molecule has 3 rings (SSSR count). The number of hydrogen-bond donors (Lipinski definition) is 1. The molecule has 0 spiro atoms. The first-order chi connectivity index (χ1) is 16.9. The van der Waals surface area contributed by atoms with Crippen LogP contribution in [-0.4, -0.2) is 42.2 Å². The molecule has 12 heteroatoms. The Bertz CT molecular complexity index is 1310. The number of amides is 1. The SMILES string of the molecule is COc1cc2c(C(OC(=O)C(F)(F)F)C(=O)c3cccc(OC(C)C)c3)cncc2cc1OC(N)=O. The van der Waals surface area contributed by atoms with Crippen LogP contribution in [0.15, 0.2) is 48.8 Å². The molecule has 0 fully saturated rings. The maximum absolute atomic E-state index is 13.4. The number of carbonyl (C=O) groups excluding carboxylic acids is 3. The van der Waals surface area contributed by atoms with Crippen LogP contribution < -0.4 is 19.9 Å². The van der Waals surface area contributed by atoms with E-state index in [1.807, 2.05) is 0 Å². The second kappa shape index (κ2) is 10.5. The first-order valence-electron chi connectivity index (χ1n) is 10.4. The smallest absolute Gasteiger partial charge is 0.490 e. The van der Waals surface area contributed by atoms with E-state index in [0.29, 0.717) is 5.75 Å². The molecular weight excluding hydrogens is 485 g/mol. The molecule has 1 heterocycles. The van der Waals surface area contributed by atoms with Crippen molar-refractivity contribution in [3.8, 4) is 17.2 Å². The summed E-state index contributed by atoms with van der Waals surface area (Å²) in [4.78, 5) is 40.4. The molecule has 0 saturated heterocycles. The minimum absolute atomic E-state index is 0.0190. The van der Waals surface area contributed by atoms with Crippen LogP contribution in [0.2, 0.25) is 0 Å². The van der Waals surface area contributed by atoms with E-state index in [1.54, 1.807) is 19.9 Å². The zero-order valence-corrected chi connectivity index (χ0v) is 19.3. The maximum atomic E-state index is 13.4. The molecule has 1 aromatic heterocycles.